The molecule has 22 heavy (non-hydrogen) atoms. The van der Waals surface area contributed by atoms with E-state index in [1.165, 1.54) is 0 Å². The summed E-state index contributed by atoms with van der Waals surface area (Å²) in [6.07, 6.45) is 0.900. The molecule has 0 saturated carbocycles. The molecule has 5 heteroatoms. The Morgan fingerprint density at radius 2 is 1.91 bits per heavy atom. The number of nitrogens with one attached hydrogen (secondary N) is 1. The van der Waals surface area contributed by atoms with Crippen LogP contribution in [0, 0.1) is 0 Å². The van der Waals surface area contributed by atoms with Gasteiger partial charge in [0.1, 0.15) is 11.5 Å². The summed E-state index contributed by atoms with van der Waals surface area (Å²) in [7, 11) is 3.22. The maximum absolute atomic E-state index is 5.67. The van der Waals surface area contributed by atoms with Crippen molar-refractivity contribution in [2.24, 2.45) is 10.8 Å². The summed E-state index contributed by atoms with van der Waals surface area (Å²) in [6.45, 7) is 2.10. The Kier molecular flexibility index (Phi) is 5.38. The number of benzene rings is 2. The topological polar surface area (TPSA) is 68.9 Å². The normalized spacial score (nSPS) is 11.2. The van der Waals surface area contributed by atoms with Crippen LogP contribution in [0.4, 0.5) is 5.69 Å². The maximum Gasteiger partial charge on any atom is 0.151 e. The highest BCUT2D eigenvalue weighted by Gasteiger charge is 2.11. The minimum atomic E-state index is 0.542. The standard InChI is InChI=1S/C17H21N3O2/c1-4-12-7-5-6-8-15(12)19-17(20-18)14-10-9-13(21-2)11-16(14)22-3/h5-11H,4,18H2,1-3H3,(H,19,20). The lowest BCUT2D eigenvalue weighted by Crippen LogP contribution is -2.31. The SMILES string of the molecule is CCc1ccccc1N=C(NN)c1ccc(OC)cc1OC. The van der Waals surface area contributed by atoms with Crippen LogP contribution in [0.5, 0.6) is 11.5 Å². The Morgan fingerprint density at radius 3 is 2.55 bits per heavy atom. The molecule has 0 unspecified atom stereocenters. The summed E-state index contributed by atoms with van der Waals surface area (Å²) in [4.78, 5) is 4.64. The Bertz CT molecular complexity index is 669. The van der Waals surface area contributed by atoms with Crippen LogP contribution in [-0.2, 0) is 6.42 Å². The lowest BCUT2D eigenvalue weighted by molar-refractivity contribution is 0.393. The number of rotatable bonds is 5. The van der Waals surface area contributed by atoms with Gasteiger partial charge in [-0.05, 0) is 30.2 Å². The summed E-state index contributed by atoms with van der Waals surface area (Å²) in [5.41, 5.74) is 5.47. The number of nitrogens with zero attached hydrogens (tertiary/aromatic N) is 1. The smallest absolute Gasteiger partial charge is 0.151 e. The monoisotopic (exact) mass is 299 g/mol. The van der Waals surface area contributed by atoms with Crippen molar-refractivity contribution in [3.63, 3.8) is 0 Å². The van der Waals surface area contributed by atoms with Crippen molar-refractivity contribution in [1.82, 2.24) is 5.43 Å². The molecule has 0 spiro atoms. The van der Waals surface area contributed by atoms with E-state index in [-0.39, 0.29) is 0 Å². The predicted octanol–water partition coefficient (Wildman–Crippen LogP) is 2.81. The maximum atomic E-state index is 5.67. The van der Waals surface area contributed by atoms with Gasteiger partial charge in [0, 0.05) is 6.07 Å². The highest BCUT2D eigenvalue weighted by molar-refractivity contribution is 6.02. The van der Waals surface area contributed by atoms with E-state index in [9.17, 15) is 0 Å². The van der Waals surface area contributed by atoms with Crippen LogP contribution in [0.3, 0.4) is 0 Å². The number of hydrogen-bond donors (Lipinski definition) is 2. The van der Waals surface area contributed by atoms with E-state index in [0.29, 0.717) is 17.3 Å². The molecule has 2 aromatic rings. The molecular formula is C17H21N3O2. The van der Waals surface area contributed by atoms with Crippen LogP contribution in [0.15, 0.2) is 47.5 Å². The molecule has 2 aromatic carbocycles. The Balaban J connectivity index is 2.50. The van der Waals surface area contributed by atoms with Crippen LogP contribution in [0.25, 0.3) is 0 Å². The van der Waals surface area contributed by atoms with Crippen LogP contribution in [0.1, 0.15) is 18.1 Å². The first-order valence-corrected chi connectivity index (χ1v) is 7.09. The second kappa shape index (κ2) is 7.47. The molecular weight excluding hydrogens is 278 g/mol. The number of methoxy groups -OCH3 is 2. The molecule has 2 rings (SSSR count). The molecule has 0 atom stereocenters. The van der Waals surface area contributed by atoms with Crippen LogP contribution < -0.4 is 20.7 Å². The lowest BCUT2D eigenvalue weighted by atomic mass is 10.1. The quantitative estimate of drug-likeness (QED) is 0.385. The minimum absolute atomic E-state index is 0.542. The van der Waals surface area contributed by atoms with Crippen molar-refractivity contribution >= 4 is 11.5 Å². The molecule has 0 heterocycles. The summed E-state index contributed by atoms with van der Waals surface area (Å²) in [6, 6.07) is 13.5. The molecule has 0 aliphatic heterocycles. The number of hydrazine groups is 1. The van der Waals surface area contributed by atoms with Crippen molar-refractivity contribution < 1.29 is 9.47 Å². The highest BCUT2D eigenvalue weighted by atomic mass is 16.5. The Hall–Kier alpha value is -2.53. The zero-order valence-electron chi connectivity index (χ0n) is 13.1. The van der Waals surface area contributed by atoms with Gasteiger partial charge in [0.25, 0.3) is 0 Å². The van der Waals surface area contributed by atoms with E-state index in [0.717, 1.165) is 23.2 Å². The van der Waals surface area contributed by atoms with Crippen LogP contribution in [0.2, 0.25) is 0 Å². The number of aliphatic imine (C=N–C) groups is 1. The van der Waals surface area contributed by atoms with Gasteiger partial charge in [0.15, 0.2) is 5.84 Å². The summed E-state index contributed by atoms with van der Waals surface area (Å²) >= 11 is 0. The molecule has 116 valence electrons. The van der Waals surface area contributed by atoms with E-state index in [1.807, 2.05) is 30.3 Å². The fraction of sp³-hybridized carbons (Fsp3) is 0.235. The van der Waals surface area contributed by atoms with Crippen molar-refractivity contribution in [2.45, 2.75) is 13.3 Å². The second-order valence-corrected chi connectivity index (χ2v) is 4.65. The molecule has 0 aromatic heterocycles. The second-order valence-electron chi connectivity index (χ2n) is 4.65. The third-order valence-corrected chi connectivity index (χ3v) is 3.41. The Morgan fingerprint density at radius 1 is 1.14 bits per heavy atom. The van der Waals surface area contributed by atoms with Gasteiger partial charge in [0.2, 0.25) is 0 Å². The first kappa shape index (κ1) is 15.9. The largest absolute Gasteiger partial charge is 0.497 e. The number of aryl methyl sites for hydroxylation is 1. The molecule has 3 N–H and O–H groups in total. The fourth-order valence-electron chi connectivity index (χ4n) is 2.20. The molecule has 0 aliphatic carbocycles. The van der Waals surface area contributed by atoms with E-state index < -0.39 is 0 Å². The summed E-state index contributed by atoms with van der Waals surface area (Å²) < 4.78 is 10.6. The molecule has 0 bridgehead atoms. The average molecular weight is 299 g/mol. The van der Waals surface area contributed by atoms with Gasteiger partial charge in [-0.1, -0.05) is 25.1 Å². The highest BCUT2D eigenvalue weighted by Crippen LogP contribution is 2.26. The van der Waals surface area contributed by atoms with E-state index in [1.54, 1.807) is 20.3 Å². The first-order valence-electron chi connectivity index (χ1n) is 7.09. The molecule has 0 fully saturated rings. The first-order chi connectivity index (χ1) is 10.7. The predicted molar refractivity (Wildman–Crippen MR) is 88.9 cm³/mol. The molecule has 0 saturated heterocycles. The van der Waals surface area contributed by atoms with Crippen molar-refractivity contribution in [3.8, 4) is 11.5 Å². The van der Waals surface area contributed by atoms with Crippen LogP contribution in [-0.4, -0.2) is 20.1 Å². The lowest BCUT2D eigenvalue weighted by Gasteiger charge is -2.13. The van der Waals surface area contributed by atoms with E-state index in [4.69, 9.17) is 15.3 Å². The van der Waals surface area contributed by atoms with Crippen molar-refractivity contribution in [1.29, 1.82) is 0 Å². The van der Waals surface area contributed by atoms with Gasteiger partial charge in [-0.15, -0.1) is 0 Å². The number of amidine groups is 1. The van der Waals surface area contributed by atoms with Gasteiger partial charge in [0.05, 0.1) is 25.5 Å². The number of nitrogens with two attached hydrogens (primary N) is 1. The van der Waals surface area contributed by atoms with Crippen LogP contribution >= 0.6 is 0 Å². The molecule has 5 nitrogen and oxygen atoms in total. The third kappa shape index (κ3) is 3.38. The van der Waals surface area contributed by atoms with Gasteiger partial charge >= 0.3 is 0 Å². The van der Waals surface area contributed by atoms with Gasteiger partial charge < -0.3 is 14.9 Å². The molecule has 0 amide bonds. The van der Waals surface area contributed by atoms with Crippen molar-refractivity contribution in [2.75, 3.05) is 14.2 Å². The summed E-state index contributed by atoms with van der Waals surface area (Å²) in [5.74, 6) is 7.57. The van der Waals surface area contributed by atoms with Gasteiger partial charge in [-0.2, -0.15) is 0 Å². The number of ether oxygens (including phenoxy) is 2. The summed E-state index contributed by atoms with van der Waals surface area (Å²) in [5, 5.41) is 0. The van der Waals surface area contributed by atoms with E-state index in [2.05, 4.69) is 23.4 Å². The van der Waals surface area contributed by atoms with Crippen molar-refractivity contribution in [3.05, 3.63) is 53.6 Å². The molecule has 0 radical (unpaired) electrons. The van der Waals surface area contributed by atoms with Gasteiger partial charge in [-0.25, -0.2) is 10.8 Å². The fourth-order valence-corrected chi connectivity index (χ4v) is 2.20. The number of hydrogen-bond acceptors (Lipinski definition) is 4. The molecule has 0 aliphatic rings. The Labute approximate surface area is 130 Å². The average Bonchev–Trinajstić information content (AvgIpc) is 2.59. The zero-order valence-corrected chi connectivity index (χ0v) is 13.1. The third-order valence-electron chi connectivity index (χ3n) is 3.41. The number of para-hydroxylation sites is 1. The van der Waals surface area contributed by atoms with E-state index >= 15 is 0 Å². The minimum Gasteiger partial charge on any atom is -0.497 e. The van der Waals surface area contributed by atoms with Gasteiger partial charge in [-0.3, -0.25) is 0 Å². The zero-order chi connectivity index (χ0) is 15.9.